The minimum Gasteiger partial charge on any atom is -1.00 e. The molecule has 1 radical (unpaired) electrons. The van der Waals surface area contributed by atoms with Gasteiger partial charge in [0.2, 0.25) is 0 Å². The van der Waals surface area contributed by atoms with Crippen molar-refractivity contribution in [3.63, 3.8) is 0 Å². The van der Waals surface area contributed by atoms with Crippen molar-refractivity contribution in [1.29, 1.82) is 0 Å². The van der Waals surface area contributed by atoms with Crippen molar-refractivity contribution in [2.45, 2.75) is 33.8 Å². The number of aromatic hydroxyl groups is 1. The molecule has 2 N–H and O–H groups in total. The van der Waals surface area contributed by atoms with Crippen LogP contribution in [0.15, 0.2) is 54.6 Å². The second-order valence-corrected chi connectivity index (χ2v) is 10.3. The molecule has 9 heteroatoms. The number of phenols is 1. The first kappa shape index (κ1) is 40.2. The Bertz CT molecular complexity index is 2160. The van der Waals surface area contributed by atoms with E-state index in [-0.39, 0.29) is 87.2 Å². The Hall–Kier alpha value is -4.97. The Morgan fingerprint density at radius 2 is 1.16 bits per heavy atom. The molecule has 1 atom stereocenters. The predicted octanol–water partition coefficient (Wildman–Crippen LogP) is 8.24. The van der Waals surface area contributed by atoms with Gasteiger partial charge < -0.3 is 21.1 Å². The number of phenolic OH excluding ortho intramolecular Hbond substituents is 1. The van der Waals surface area contributed by atoms with E-state index in [1.807, 2.05) is 52.0 Å². The van der Waals surface area contributed by atoms with Gasteiger partial charge in [0.25, 0.3) is 0 Å². The van der Waals surface area contributed by atoms with Crippen LogP contribution >= 0.6 is 0 Å². The maximum absolute atomic E-state index is 11.0. The van der Waals surface area contributed by atoms with Gasteiger partial charge in [-0.2, -0.15) is 0 Å². The average molecular weight is 932 g/mol. The van der Waals surface area contributed by atoms with Gasteiger partial charge in [-0.05, 0) is 80.6 Å². The minimum absolute atomic E-state index is 0. The number of hydrogen-bond donors (Lipinski definition) is 2. The zero-order valence-electron chi connectivity index (χ0n) is 28.3. The number of nitrogens with zero attached hydrogens (tertiary/aromatic N) is 3. The number of aliphatic hydroxyl groups is 1. The summed E-state index contributed by atoms with van der Waals surface area (Å²) in [5.41, 5.74) is 6.49. The zero-order chi connectivity index (χ0) is 33.6. The number of benzene rings is 3. The predicted molar refractivity (Wildman–Crippen MR) is 208 cm³/mol. The molecule has 1 aromatic heterocycles. The van der Waals surface area contributed by atoms with Gasteiger partial charge in [-0.3, -0.25) is 0 Å². The van der Waals surface area contributed by atoms with Crippen molar-refractivity contribution < 1.29 is 87.9 Å². The molecular weight excluding hydrogens is 875 g/mol. The Morgan fingerprint density at radius 3 is 1.65 bits per heavy atom. The Morgan fingerprint density at radius 1 is 0.694 bits per heavy atom. The van der Waals surface area contributed by atoms with E-state index in [1.165, 1.54) is 6.07 Å². The molecule has 49 heavy (non-hydrogen) atoms. The van der Waals surface area contributed by atoms with E-state index >= 15 is 0 Å². The summed E-state index contributed by atoms with van der Waals surface area (Å²) >= 11 is 0. The minimum atomic E-state index is -0.984. The maximum atomic E-state index is 11.0. The molecular formula is C40H54N3O4UV-. The van der Waals surface area contributed by atoms with Crippen molar-refractivity contribution in [1.82, 2.24) is 15.0 Å². The van der Waals surface area contributed by atoms with Crippen molar-refractivity contribution in [2.75, 3.05) is 13.2 Å². The number of aryl methyl sites for hydroxylation is 4. The maximum Gasteiger partial charge on any atom is 0.167 e. The SMILES string of the molecule is C#CC#CC#CC#CC#CC#COCC(O)COc1ccc(-c2nc(-c3ccc(C)cc3C)nc(-c3ccc(C)cc3C)n2)c(O)c1.[3H-].[HH].[HH].[HH].[HH].[HH].[HH].[HH].[HH].[HH].[HH].[HH].[HH].[U].[V]. The van der Waals surface area contributed by atoms with E-state index < -0.39 is 6.10 Å². The summed E-state index contributed by atoms with van der Waals surface area (Å²) in [6, 6.07) is 17.0. The van der Waals surface area contributed by atoms with Gasteiger partial charge in [-0.25, -0.2) is 15.0 Å². The number of hydrogen-bond acceptors (Lipinski definition) is 7. The summed E-state index contributed by atoms with van der Waals surface area (Å²) in [6.45, 7) is 7.89. The first-order valence-corrected chi connectivity index (χ1v) is 14.4. The summed E-state index contributed by atoms with van der Waals surface area (Å²) in [5.74, 6) is 25.8. The summed E-state index contributed by atoms with van der Waals surface area (Å²) in [6.07, 6.45) is 6.36. The topological polar surface area (TPSA) is 97.6 Å². The fourth-order valence-corrected chi connectivity index (χ4v) is 4.35. The van der Waals surface area contributed by atoms with Crippen LogP contribution in [0.2, 0.25) is 0 Å². The molecule has 0 aliphatic carbocycles. The third-order valence-corrected chi connectivity index (χ3v) is 6.50. The second-order valence-electron chi connectivity index (χ2n) is 10.3. The van der Waals surface area contributed by atoms with Crippen LogP contribution in [0.5, 0.6) is 11.5 Å². The third kappa shape index (κ3) is 12.2. The second kappa shape index (κ2) is 20.4. The van der Waals surface area contributed by atoms with Crippen LogP contribution in [0, 0.1) is 131 Å². The largest absolute Gasteiger partial charge is 1.00 e. The molecule has 0 aliphatic rings. The van der Waals surface area contributed by atoms with Crippen LogP contribution in [0.25, 0.3) is 34.2 Å². The number of ether oxygens (including phenoxy) is 2. The molecule has 0 fully saturated rings. The van der Waals surface area contributed by atoms with E-state index in [9.17, 15) is 10.2 Å². The van der Waals surface area contributed by atoms with Crippen LogP contribution < -0.4 is 4.74 Å². The Balaban J connectivity index is -0.000000167. The number of aliphatic hydroxyl groups excluding tert-OH is 1. The molecule has 0 amide bonds. The molecule has 1 heterocycles. The van der Waals surface area contributed by atoms with E-state index in [0.29, 0.717) is 28.8 Å². The molecule has 0 saturated heterocycles. The van der Waals surface area contributed by atoms with Gasteiger partial charge in [0.05, 0.1) is 5.56 Å². The molecule has 0 aliphatic heterocycles. The molecule has 4 rings (SSSR count). The summed E-state index contributed by atoms with van der Waals surface area (Å²) < 4.78 is 10.8. The standard InChI is InChI=1S/C40H29N3O4.U.V.12H2.H/c1-6-7-8-9-10-11-12-13-14-15-22-46-26-32(44)27-47-33-18-21-36(37(45)25-33)40-42-38(34-19-16-28(2)23-30(34)4)41-39(43-40)35-20-17-29(3)24-31(35)5;;;;;;;;;;;;;;;/h1,16-21,23-25,32,44-45H,26-27H2,2-5H3;;;12*1H;/q;;;;;;;;;;;;;;;-1/i;;;;;;;;;;;;;;;1+2. The molecule has 3 aromatic carbocycles. The van der Waals surface area contributed by atoms with Crippen LogP contribution in [-0.2, 0) is 23.3 Å². The Kier molecular flexibility index (Phi) is 16.7. The fraction of sp³-hybridized carbons (Fsp3) is 0.175. The van der Waals surface area contributed by atoms with Crippen LogP contribution in [0.1, 0.15) is 40.8 Å². The summed E-state index contributed by atoms with van der Waals surface area (Å²) in [4.78, 5) is 14.4. The van der Waals surface area contributed by atoms with E-state index in [1.54, 1.807) is 12.1 Å². The molecule has 0 saturated carbocycles. The van der Waals surface area contributed by atoms with Crippen LogP contribution in [-0.4, -0.2) is 44.5 Å². The van der Waals surface area contributed by atoms with Gasteiger partial charge in [-0.1, -0.05) is 47.5 Å². The molecule has 4 aromatic rings. The molecule has 263 valence electrons. The summed E-state index contributed by atoms with van der Waals surface area (Å²) in [5, 5.41) is 21.2. The molecule has 7 nitrogen and oxygen atoms in total. The van der Waals surface area contributed by atoms with Gasteiger partial charge in [0.15, 0.2) is 17.5 Å². The van der Waals surface area contributed by atoms with Crippen molar-refractivity contribution >= 4 is 0 Å². The van der Waals surface area contributed by atoms with Crippen LogP contribution in [0.4, 0.5) is 0 Å². The zero-order valence-corrected chi connectivity index (χ0v) is 32.8. The summed E-state index contributed by atoms with van der Waals surface area (Å²) in [7, 11) is 0. The number of aromatic nitrogens is 3. The average Bonchev–Trinajstić information content (AvgIpc) is 3.04. The van der Waals surface area contributed by atoms with Crippen LogP contribution in [0.3, 0.4) is 0 Å². The van der Waals surface area contributed by atoms with Crippen molar-refractivity contribution in [2.24, 2.45) is 0 Å². The van der Waals surface area contributed by atoms with E-state index in [4.69, 9.17) is 30.8 Å². The number of rotatable bonds is 8. The monoisotopic (exact) mass is 931 g/mol. The van der Waals surface area contributed by atoms with Crippen molar-refractivity contribution in [3.8, 4) is 117 Å². The molecule has 1 unspecified atom stereocenters. The van der Waals surface area contributed by atoms with Crippen molar-refractivity contribution in [3.05, 3.63) is 76.9 Å². The smallest absolute Gasteiger partial charge is 0.167 e. The first-order valence-electron chi connectivity index (χ1n) is 14.4. The Labute approximate surface area is 342 Å². The quantitative estimate of drug-likeness (QED) is 0.172. The normalized spacial score (nSPS) is 9.55. The molecule has 0 bridgehead atoms. The number of terminal acetylenes is 1. The van der Waals surface area contributed by atoms with Gasteiger partial charge in [0.1, 0.15) is 36.9 Å². The molecule has 0 spiro atoms. The van der Waals surface area contributed by atoms with E-state index in [0.717, 1.165) is 33.4 Å². The van der Waals surface area contributed by atoms with Gasteiger partial charge in [-0.15, -0.1) is 6.42 Å². The van der Waals surface area contributed by atoms with Gasteiger partial charge >= 0.3 is 0 Å². The van der Waals surface area contributed by atoms with Gasteiger partial charge in [0, 0.05) is 114 Å². The first-order chi connectivity index (χ1) is 22.7. The fourth-order valence-electron chi connectivity index (χ4n) is 4.35. The third-order valence-electron chi connectivity index (χ3n) is 6.50. The van der Waals surface area contributed by atoms with E-state index in [2.05, 4.69) is 77.4 Å².